The van der Waals surface area contributed by atoms with Gasteiger partial charge in [0.15, 0.2) is 0 Å². The van der Waals surface area contributed by atoms with Crippen LogP contribution in [0.4, 0.5) is 5.82 Å². The summed E-state index contributed by atoms with van der Waals surface area (Å²) in [6.45, 7) is 2.74. The smallest absolute Gasteiger partial charge is 0.328 e. The number of aryl methyl sites for hydroxylation is 2. The third kappa shape index (κ3) is 3.72. The summed E-state index contributed by atoms with van der Waals surface area (Å²) in [7, 11) is 3.88. The van der Waals surface area contributed by atoms with E-state index in [1.165, 1.54) is 4.88 Å². The fourth-order valence-corrected chi connectivity index (χ4v) is 3.00. The zero-order valence-corrected chi connectivity index (χ0v) is 13.2. The van der Waals surface area contributed by atoms with E-state index < -0.39 is 5.97 Å². The van der Waals surface area contributed by atoms with Gasteiger partial charge in [0.25, 0.3) is 0 Å². The monoisotopic (exact) mass is 305 g/mol. The van der Waals surface area contributed by atoms with Crippen LogP contribution in [0.5, 0.6) is 0 Å². The molecule has 0 aliphatic rings. The summed E-state index contributed by atoms with van der Waals surface area (Å²) in [5, 5.41) is 15.3. The molecule has 2 aromatic heterocycles. The second-order valence-corrected chi connectivity index (χ2v) is 5.90. The summed E-state index contributed by atoms with van der Waals surface area (Å²) in [4.78, 5) is 14.2. The number of hydrogen-bond donors (Lipinski definition) is 1. The van der Waals surface area contributed by atoms with E-state index in [0.717, 1.165) is 36.1 Å². The van der Waals surface area contributed by atoms with Crippen LogP contribution in [0, 0.1) is 6.92 Å². The van der Waals surface area contributed by atoms with Crippen LogP contribution >= 0.6 is 11.3 Å². The van der Waals surface area contributed by atoms with Gasteiger partial charge >= 0.3 is 5.97 Å². The number of carboxylic acids is 1. The minimum atomic E-state index is -0.953. The largest absolute Gasteiger partial charge is 0.478 e. The number of nitrogens with zero attached hydrogens (tertiary/aromatic N) is 3. The third-order valence-corrected chi connectivity index (χ3v) is 4.20. The van der Waals surface area contributed by atoms with Crippen molar-refractivity contribution in [3.8, 4) is 0 Å². The second-order valence-electron chi connectivity index (χ2n) is 4.87. The molecule has 0 saturated carbocycles. The lowest BCUT2D eigenvalue weighted by molar-refractivity contribution is -0.131. The van der Waals surface area contributed by atoms with Crippen LogP contribution in [0.3, 0.4) is 0 Å². The fraction of sp³-hybridized carbons (Fsp3) is 0.333. The number of hydrogen-bond acceptors (Lipinski definition) is 4. The van der Waals surface area contributed by atoms with Crippen LogP contribution in [-0.2, 0) is 18.3 Å². The van der Waals surface area contributed by atoms with Crippen molar-refractivity contribution in [2.45, 2.75) is 13.3 Å². The van der Waals surface area contributed by atoms with Gasteiger partial charge in [-0.25, -0.2) is 4.79 Å². The molecule has 0 bridgehead atoms. The van der Waals surface area contributed by atoms with Crippen molar-refractivity contribution in [1.29, 1.82) is 0 Å². The molecule has 2 aromatic rings. The quantitative estimate of drug-likeness (QED) is 0.833. The second kappa shape index (κ2) is 6.58. The number of carboxylic acid groups (broad SMARTS) is 1. The van der Waals surface area contributed by atoms with Gasteiger partial charge in [-0.1, -0.05) is 6.07 Å². The van der Waals surface area contributed by atoms with Crippen LogP contribution in [-0.4, -0.2) is 34.4 Å². The van der Waals surface area contributed by atoms with Crippen LogP contribution in [0.2, 0.25) is 0 Å². The van der Waals surface area contributed by atoms with E-state index >= 15 is 0 Å². The minimum absolute atomic E-state index is 0.827. The Morgan fingerprint density at radius 1 is 1.57 bits per heavy atom. The van der Waals surface area contributed by atoms with Gasteiger partial charge in [0.1, 0.15) is 5.82 Å². The van der Waals surface area contributed by atoms with E-state index in [2.05, 4.69) is 27.5 Å². The molecule has 0 atom stereocenters. The molecule has 0 amide bonds. The Kier molecular flexibility index (Phi) is 4.80. The number of aliphatic carboxylic acids is 1. The first kappa shape index (κ1) is 15.3. The van der Waals surface area contributed by atoms with Gasteiger partial charge < -0.3 is 10.0 Å². The van der Waals surface area contributed by atoms with Gasteiger partial charge in [-0.15, -0.1) is 11.3 Å². The lowest BCUT2D eigenvalue weighted by atomic mass is 10.2. The molecular formula is C15H19N3O2S. The van der Waals surface area contributed by atoms with E-state index in [4.69, 9.17) is 5.11 Å². The highest BCUT2D eigenvalue weighted by Gasteiger charge is 2.15. The molecule has 1 N–H and O–H groups in total. The third-order valence-electron chi connectivity index (χ3n) is 3.27. The SMILES string of the molecule is Cc1nn(C)c(N(C)CCc2cccs2)c1C=CC(=O)O. The lowest BCUT2D eigenvalue weighted by Gasteiger charge is -2.20. The summed E-state index contributed by atoms with van der Waals surface area (Å²) in [6, 6.07) is 4.17. The predicted molar refractivity (Wildman–Crippen MR) is 85.9 cm³/mol. The van der Waals surface area contributed by atoms with Gasteiger partial charge in [0, 0.05) is 37.2 Å². The molecule has 2 heterocycles. The van der Waals surface area contributed by atoms with Crippen molar-refractivity contribution >= 4 is 29.2 Å². The summed E-state index contributed by atoms with van der Waals surface area (Å²) >= 11 is 1.75. The van der Waals surface area contributed by atoms with Crippen molar-refractivity contribution in [1.82, 2.24) is 9.78 Å². The van der Waals surface area contributed by atoms with Crippen molar-refractivity contribution < 1.29 is 9.90 Å². The van der Waals surface area contributed by atoms with E-state index in [0.29, 0.717) is 0 Å². The number of rotatable bonds is 6. The Hall–Kier alpha value is -2.08. The average Bonchev–Trinajstić information content (AvgIpc) is 3.01. The molecule has 6 heteroatoms. The molecule has 0 saturated heterocycles. The molecule has 0 fully saturated rings. The van der Waals surface area contributed by atoms with E-state index in [-0.39, 0.29) is 0 Å². The Morgan fingerprint density at radius 3 is 2.95 bits per heavy atom. The molecular weight excluding hydrogens is 286 g/mol. The summed E-state index contributed by atoms with van der Waals surface area (Å²) in [5.41, 5.74) is 1.68. The standard InChI is InChI=1S/C15H19N3O2S/c1-11-13(6-7-14(19)20)15(18(3)16-11)17(2)9-8-12-5-4-10-21-12/h4-7,10H,8-9H2,1-3H3,(H,19,20). The first-order valence-corrected chi connectivity index (χ1v) is 7.55. The topological polar surface area (TPSA) is 58.4 Å². The lowest BCUT2D eigenvalue weighted by Crippen LogP contribution is -2.23. The van der Waals surface area contributed by atoms with Gasteiger partial charge in [0.05, 0.1) is 5.69 Å². The van der Waals surface area contributed by atoms with Gasteiger partial charge in [-0.2, -0.15) is 5.10 Å². The van der Waals surface area contributed by atoms with E-state index in [9.17, 15) is 4.79 Å². The van der Waals surface area contributed by atoms with Crippen LogP contribution in [0.25, 0.3) is 6.08 Å². The van der Waals surface area contributed by atoms with Crippen molar-refractivity contribution in [2.24, 2.45) is 7.05 Å². The first-order chi connectivity index (χ1) is 9.99. The zero-order chi connectivity index (χ0) is 15.4. The zero-order valence-electron chi connectivity index (χ0n) is 12.4. The first-order valence-electron chi connectivity index (χ1n) is 6.67. The predicted octanol–water partition coefficient (Wildman–Crippen LogP) is 2.57. The Labute approximate surface area is 128 Å². The maximum atomic E-state index is 10.7. The number of aromatic nitrogens is 2. The molecule has 0 aromatic carbocycles. The molecule has 0 unspecified atom stereocenters. The van der Waals surface area contributed by atoms with Crippen LogP contribution in [0.15, 0.2) is 23.6 Å². The van der Waals surface area contributed by atoms with Crippen molar-refractivity contribution in [2.75, 3.05) is 18.5 Å². The number of anilines is 1. The fourth-order valence-electron chi connectivity index (χ4n) is 2.30. The van der Waals surface area contributed by atoms with Crippen LogP contribution in [0.1, 0.15) is 16.1 Å². The minimum Gasteiger partial charge on any atom is -0.478 e. The van der Waals surface area contributed by atoms with Gasteiger partial charge in [-0.05, 0) is 30.9 Å². The Bertz CT molecular complexity index is 644. The molecule has 112 valence electrons. The Balaban J connectivity index is 2.19. The summed E-state index contributed by atoms with van der Waals surface area (Å²) < 4.78 is 1.80. The number of carbonyl (C=O) groups is 1. The van der Waals surface area contributed by atoms with Gasteiger partial charge in [-0.3, -0.25) is 4.68 Å². The Morgan fingerprint density at radius 2 is 2.33 bits per heavy atom. The maximum Gasteiger partial charge on any atom is 0.328 e. The normalized spacial score (nSPS) is 11.2. The summed E-state index contributed by atoms with van der Waals surface area (Å²) in [6.07, 6.45) is 3.72. The number of likely N-dealkylation sites (N-methyl/N-ethyl adjacent to an activating group) is 1. The van der Waals surface area contributed by atoms with Crippen LogP contribution < -0.4 is 4.90 Å². The molecule has 5 nitrogen and oxygen atoms in total. The molecule has 0 radical (unpaired) electrons. The molecule has 21 heavy (non-hydrogen) atoms. The van der Waals surface area contributed by atoms with Crippen molar-refractivity contribution in [3.63, 3.8) is 0 Å². The molecule has 2 rings (SSSR count). The summed E-state index contributed by atoms with van der Waals surface area (Å²) in [5.74, 6) is -0.0213. The highest BCUT2D eigenvalue weighted by atomic mass is 32.1. The molecule has 0 aliphatic carbocycles. The van der Waals surface area contributed by atoms with E-state index in [1.54, 1.807) is 22.1 Å². The van der Waals surface area contributed by atoms with Gasteiger partial charge in [0.2, 0.25) is 0 Å². The van der Waals surface area contributed by atoms with Crippen molar-refractivity contribution in [3.05, 3.63) is 39.7 Å². The number of thiophene rings is 1. The van der Waals surface area contributed by atoms with E-state index in [1.807, 2.05) is 21.0 Å². The average molecular weight is 305 g/mol. The molecule has 0 spiro atoms. The highest BCUT2D eigenvalue weighted by Crippen LogP contribution is 2.24. The molecule has 0 aliphatic heterocycles. The maximum absolute atomic E-state index is 10.7. The highest BCUT2D eigenvalue weighted by molar-refractivity contribution is 7.09.